The molecule has 0 aliphatic carbocycles. The van der Waals surface area contributed by atoms with Crippen LogP contribution in [0, 0.1) is 5.82 Å². The van der Waals surface area contributed by atoms with Crippen LogP contribution in [0.25, 0.3) is 10.8 Å². The highest BCUT2D eigenvalue weighted by atomic mass is 35.5. The number of carbonyl (C=O) groups is 1. The van der Waals surface area contributed by atoms with E-state index >= 15 is 0 Å². The highest BCUT2D eigenvalue weighted by Gasteiger charge is 2.10. The van der Waals surface area contributed by atoms with Crippen LogP contribution in [-0.4, -0.2) is 15.7 Å². The molecule has 6 nitrogen and oxygen atoms in total. The van der Waals surface area contributed by atoms with Gasteiger partial charge < -0.3 is 5.32 Å². The van der Waals surface area contributed by atoms with Crippen molar-refractivity contribution in [3.8, 4) is 0 Å². The van der Waals surface area contributed by atoms with Crippen molar-refractivity contribution in [2.45, 2.75) is 13.0 Å². The lowest BCUT2D eigenvalue weighted by Crippen LogP contribution is -2.31. The summed E-state index contributed by atoms with van der Waals surface area (Å²) in [6.45, 7) is -0.0417. The second-order valence-corrected chi connectivity index (χ2v) is 5.80. The zero-order chi connectivity index (χ0) is 18.0. The standard InChI is InChI=1S/C17H13ClFN3O3/c18-10-5-6-14(13(19)9-10)20-15(23)7-8-22-17(25)12-4-2-1-3-11(12)16(24)21-22/h1-6,9H,7-8H2,(H,20,23)(H,21,24). The molecule has 0 aliphatic heterocycles. The number of carbonyl (C=O) groups excluding carboxylic acids is 1. The van der Waals surface area contributed by atoms with Gasteiger partial charge in [-0.15, -0.1) is 0 Å². The highest BCUT2D eigenvalue weighted by molar-refractivity contribution is 6.30. The lowest BCUT2D eigenvalue weighted by atomic mass is 10.2. The fraction of sp³-hybridized carbons (Fsp3) is 0.118. The topological polar surface area (TPSA) is 84.0 Å². The monoisotopic (exact) mass is 361 g/mol. The smallest absolute Gasteiger partial charge is 0.273 e. The Morgan fingerprint density at radius 3 is 2.60 bits per heavy atom. The number of nitrogens with one attached hydrogen (secondary N) is 2. The molecule has 0 saturated carbocycles. The molecule has 3 rings (SSSR count). The molecule has 1 aromatic heterocycles. The SMILES string of the molecule is O=C(CCn1[nH]c(=O)c2ccccc2c1=O)Nc1ccc(Cl)cc1F. The molecule has 0 unspecified atom stereocenters. The lowest BCUT2D eigenvalue weighted by Gasteiger charge is -2.09. The molecule has 0 bridgehead atoms. The fourth-order valence-corrected chi connectivity index (χ4v) is 2.58. The first-order valence-electron chi connectivity index (χ1n) is 7.42. The number of aromatic amines is 1. The third-order valence-corrected chi connectivity index (χ3v) is 3.89. The summed E-state index contributed by atoms with van der Waals surface area (Å²) in [4.78, 5) is 36.3. The number of H-pyrrole nitrogens is 1. The molecule has 0 aliphatic rings. The number of aromatic nitrogens is 2. The molecule has 1 heterocycles. The van der Waals surface area contributed by atoms with Crippen LogP contribution >= 0.6 is 11.6 Å². The number of hydrogen-bond donors (Lipinski definition) is 2. The van der Waals surface area contributed by atoms with Gasteiger partial charge in [-0.25, -0.2) is 9.07 Å². The summed E-state index contributed by atoms with van der Waals surface area (Å²) in [5.41, 5.74) is -0.825. The number of hydrogen-bond acceptors (Lipinski definition) is 3. The summed E-state index contributed by atoms with van der Waals surface area (Å²) in [5.74, 6) is -1.15. The van der Waals surface area contributed by atoms with E-state index in [0.717, 1.165) is 10.7 Å². The number of anilines is 1. The van der Waals surface area contributed by atoms with Crippen LogP contribution in [0.4, 0.5) is 10.1 Å². The average molecular weight is 362 g/mol. The Morgan fingerprint density at radius 1 is 1.16 bits per heavy atom. The predicted molar refractivity (Wildman–Crippen MR) is 93.5 cm³/mol. The molecule has 2 aromatic carbocycles. The van der Waals surface area contributed by atoms with Gasteiger partial charge >= 0.3 is 0 Å². The number of halogens is 2. The Morgan fingerprint density at radius 2 is 1.88 bits per heavy atom. The Bertz CT molecular complexity index is 1070. The van der Waals surface area contributed by atoms with Crippen LogP contribution in [-0.2, 0) is 11.3 Å². The van der Waals surface area contributed by atoms with Gasteiger partial charge in [-0.1, -0.05) is 23.7 Å². The number of fused-ring (bicyclic) bond motifs is 1. The van der Waals surface area contributed by atoms with Gasteiger partial charge in [0.25, 0.3) is 11.1 Å². The number of rotatable bonds is 4. The van der Waals surface area contributed by atoms with Gasteiger partial charge in [0, 0.05) is 11.4 Å². The molecule has 0 atom stereocenters. The number of amides is 1. The number of aryl methyl sites for hydroxylation is 1. The zero-order valence-electron chi connectivity index (χ0n) is 12.9. The van der Waals surface area contributed by atoms with Crippen LogP contribution in [0.5, 0.6) is 0 Å². The van der Waals surface area contributed by atoms with Gasteiger partial charge in [-0.3, -0.25) is 19.5 Å². The number of benzene rings is 2. The van der Waals surface area contributed by atoms with E-state index in [4.69, 9.17) is 11.6 Å². The van der Waals surface area contributed by atoms with Crippen molar-refractivity contribution in [2.24, 2.45) is 0 Å². The molecule has 0 saturated heterocycles. The van der Waals surface area contributed by atoms with Crippen LogP contribution in [0.1, 0.15) is 6.42 Å². The van der Waals surface area contributed by atoms with E-state index in [9.17, 15) is 18.8 Å². The van der Waals surface area contributed by atoms with Gasteiger partial charge in [0.05, 0.1) is 23.0 Å². The Labute approximate surface area is 145 Å². The van der Waals surface area contributed by atoms with Crippen molar-refractivity contribution in [2.75, 3.05) is 5.32 Å². The van der Waals surface area contributed by atoms with Gasteiger partial charge in [0.1, 0.15) is 5.82 Å². The van der Waals surface area contributed by atoms with Gasteiger partial charge in [-0.2, -0.15) is 0 Å². The van der Waals surface area contributed by atoms with Gasteiger partial charge in [0.2, 0.25) is 5.91 Å². The normalized spacial score (nSPS) is 10.8. The van der Waals surface area contributed by atoms with Crippen molar-refractivity contribution in [1.82, 2.24) is 9.78 Å². The molecule has 0 fully saturated rings. The summed E-state index contributed by atoms with van der Waals surface area (Å²) in [7, 11) is 0. The molecular weight excluding hydrogens is 349 g/mol. The maximum absolute atomic E-state index is 13.7. The average Bonchev–Trinajstić information content (AvgIpc) is 2.59. The van der Waals surface area contributed by atoms with Crippen molar-refractivity contribution in [3.05, 3.63) is 74.0 Å². The number of nitrogens with zero attached hydrogens (tertiary/aromatic N) is 1. The third-order valence-electron chi connectivity index (χ3n) is 3.65. The van der Waals surface area contributed by atoms with Crippen LogP contribution < -0.4 is 16.4 Å². The Hall–Kier alpha value is -2.93. The summed E-state index contributed by atoms with van der Waals surface area (Å²) in [5, 5.41) is 5.61. The molecule has 0 radical (unpaired) electrons. The summed E-state index contributed by atoms with van der Waals surface area (Å²) in [6, 6.07) is 10.3. The molecule has 1 amide bonds. The van der Waals surface area contributed by atoms with E-state index in [1.165, 1.54) is 12.1 Å². The molecule has 25 heavy (non-hydrogen) atoms. The summed E-state index contributed by atoms with van der Waals surface area (Å²) >= 11 is 5.65. The van der Waals surface area contributed by atoms with Gasteiger partial charge in [0.15, 0.2) is 0 Å². The van der Waals surface area contributed by atoms with Gasteiger partial charge in [-0.05, 0) is 30.3 Å². The predicted octanol–water partition coefficient (Wildman–Crippen LogP) is 2.51. The van der Waals surface area contributed by atoms with Crippen molar-refractivity contribution in [1.29, 1.82) is 0 Å². The third kappa shape index (κ3) is 3.61. The second-order valence-electron chi connectivity index (χ2n) is 5.37. The minimum Gasteiger partial charge on any atom is -0.324 e. The van der Waals surface area contributed by atoms with Crippen molar-refractivity contribution in [3.63, 3.8) is 0 Å². The lowest BCUT2D eigenvalue weighted by molar-refractivity contribution is -0.116. The largest absolute Gasteiger partial charge is 0.324 e. The maximum Gasteiger partial charge on any atom is 0.273 e. The van der Waals surface area contributed by atoms with E-state index in [-0.39, 0.29) is 34.4 Å². The Kier molecular flexibility index (Phi) is 4.67. The molecule has 128 valence electrons. The summed E-state index contributed by atoms with van der Waals surface area (Å²) < 4.78 is 14.7. The van der Waals surface area contributed by atoms with Crippen molar-refractivity contribution < 1.29 is 9.18 Å². The summed E-state index contributed by atoms with van der Waals surface area (Å²) in [6.07, 6.45) is -0.115. The molecular formula is C17H13ClFN3O3. The van der Waals surface area contributed by atoms with E-state index in [1.54, 1.807) is 24.3 Å². The quantitative estimate of drug-likeness (QED) is 0.749. The molecule has 0 spiro atoms. The van der Waals surface area contributed by atoms with Crippen molar-refractivity contribution >= 4 is 34.0 Å². The molecule has 8 heteroatoms. The van der Waals surface area contributed by atoms with E-state index in [0.29, 0.717) is 0 Å². The zero-order valence-corrected chi connectivity index (χ0v) is 13.6. The minimum atomic E-state index is -0.655. The first kappa shape index (κ1) is 16.9. The minimum absolute atomic E-state index is 0.00579. The van der Waals surface area contributed by atoms with E-state index < -0.39 is 22.8 Å². The second kappa shape index (κ2) is 6.90. The molecule has 3 aromatic rings. The first-order chi connectivity index (χ1) is 12.0. The Balaban J connectivity index is 1.76. The van der Waals surface area contributed by atoms with E-state index in [1.807, 2.05) is 0 Å². The van der Waals surface area contributed by atoms with E-state index in [2.05, 4.69) is 10.4 Å². The highest BCUT2D eigenvalue weighted by Crippen LogP contribution is 2.18. The van der Waals surface area contributed by atoms with Crippen LogP contribution in [0.3, 0.4) is 0 Å². The first-order valence-corrected chi connectivity index (χ1v) is 7.80. The van der Waals surface area contributed by atoms with Crippen LogP contribution in [0.15, 0.2) is 52.1 Å². The maximum atomic E-state index is 13.7. The fourth-order valence-electron chi connectivity index (χ4n) is 2.42. The molecule has 2 N–H and O–H groups in total. The van der Waals surface area contributed by atoms with Crippen LogP contribution in [0.2, 0.25) is 5.02 Å².